The van der Waals surface area contributed by atoms with Crippen LogP contribution < -0.4 is 16.3 Å². The van der Waals surface area contributed by atoms with Crippen LogP contribution in [0.5, 0.6) is 5.75 Å². The molecule has 1 aromatic carbocycles. The zero-order valence-corrected chi connectivity index (χ0v) is 15.2. The topological polar surface area (TPSA) is 92.8 Å². The van der Waals surface area contributed by atoms with Crippen molar-refractivity contribution in [2.75, 3.05) is 0 Å². The Hall–Kier alpha value is -3.49. The summed E-state index contributed by atoms with van der Waals surface area (Å²) < 4.78 is 29.6. The molecule has 3 aromatic rings. The van der Waals surface area contributed by atoms with E-state index >= 15 is 0 Å². The summed E-state index contributed by atoms with van der Waals surface area (Å²) in [5.74, 6) is -3.21. The fourth-order valence-electron chi connectivity index (χ4n) is 3.51. The third-order valence-corrected chi connectivity index (χ3v) is 5.04. The van der Waals surface area contributed by atoms with Crippen molar-refractivity contribution in [2.24, 2.45) is 0 Å². The number of pyridine rings is 1. The highest BCUT2D eigenvalue weighted by Crippen LogP contribution is 2.18. The molecule has 2 bridgehead atoms. The van der Waals surface area contributed by atoms with Crippen LogP contribution in [0.25, 0.3) is 5.52 Å². The monoisotopic (exact) mass is 401 g/mol. The first-order valence-corrected chi connectivity index (χ1v) is 9.09. The lowest BCUT2D eigenvalue weighted by Crippen LogP contribution is -2.31. The average Bonchev–Trinajstić information content (AvgIpc) is 2.91. The lowest BCUT2D eigenvalue weighted by atomic mass is 10.1. The number of amides is 1. The van der Waals surface area contributed by atoms with Crippen molar-refractivity contribution >= 4 is 11.4 Å². The summed E-state index contributed by atoms with van der Waals surface area (Å²) >= 11 is 0. The van der Waals surface area contributed by atoms with Crippen LogP contribution in [0.1, 0.15) is 34.5 Å². The van der Waals surface area contributed by atoms with E-state index in [0.29, 0.717) is 24.7 Å². The predicted octanol–water partition coefficient (Wildman–Crippen LogP) is 1.71. The molecule has 3 heterocycles. The number of carbonyl (C=O) groups excluding carboxylic acids is 1. The number of halogens is 2. The first-order chi connectivity index (χ1) is 13.9. The molecule has 0 saturated carbocycles. The number of hydrogen-bond donors (Lipinski definition) is 2. The molecule has 7 nitrogen and oxygen atoms in total. The van der Waals surface area contributed by atoms with Gasteiger partial charge in [-0.1, -0.05) is 6.07 Å². The summed E-state index contributed by atoms with van der Waals surface area (Å²) in [6.07, 6.45) is 5.08. The maximum atomic E-state index is 13.7. The van der Waals surface area contributed by atoms with Crippen LogP contribution in [0.2, 0.25) is 0 Å². The molecule has 29 heavy (non-hydrogen) atoms. The maximum absolute atomic E-state index is 13.7. The van der Waals surface area contributed by atoms with Gasteiger partial charge in [0, 0.05) is 42.8 Å². The Labute approximate surface area is 162 Å². The van der Waals surface area contributed by atoms with Crippen LogP contribution >= 0.6 is 0 Å². The highest BCUT2D eigenvalue weighted by Gasteiger charge is 2.22. The Kier molecular flexibility index (Phi) is 4.65. The number of hydrogen-bond acceptors (Lipinski definition) is 4. The van der Waals surface area contributed by atoms with Crippen molar-refractivity contribution in [3.05, 3.63) is 79.6 Å². The number of carbonyl (C=O) groups is 1. The van der Waals surface area contributed by atoms with Crippen molar-refractivity contribution < 1.29 is 18.7 Å². The molecule has 0 aliphatic carbocycles. The van der Waals surface area contributed by atoms with E-state index in [4.69, 9.17) is 0 Å². The molecule has 0 spiro atoms. The molecule has 1 aliphatic rings. The quantitative estimate of drug-likeness (QED) is 0.699. The molecule has 9 heteroatoms. The Morgan fingerprint density at radius 2 is 1.97 bits per heavy atom. The smallest absolute Gasteiger partial charge is 0.278 e. The molecule has 0 atom stereocenters. The Bertz CT molecular complexity index is 1260. The SMILES string of the molecule is O=C(NCc1ccc(F)cc1F)c1cn2c3cn(c(=O)c2c(O)c1=O)CCCC3. The summed E-state index contributed by atoms with van der Waals surface area (Å²) in [5, 5.41) is 12.7. The lowest BCUT2D eigenvalue weighted by molar-refractivity contribution is 0.0948. The molecule has 0 radical (unpaired) electrons. The van der Waals surface area contributed by atoms with Gasteiger partial charge in [-0.3, -0.25) is 14.4 Å². The maximum Gasteiger partial charge on any atom is 0.278 e. The van der Waals surface area contributed by atoms with Crippen molar-refractivity contribution in [1.29, 1.82) is 0 Å². The van der Waals surface area contributed by atoms with Gasteiger partial charge in [-0.05, 0) is 25.3 Å². The zero-order valence-electron chi connectivity index (χ0n) is 15.2. The average molecular weight is 401 g/mol. The summed E-state index contributed by atoms with van der Waals surface area (Å²) in [6, 6.07) is 2.93. The highest BCUT2D eigenvalue weighted by molar-refractivity contribution is 5.94. The third-order valence-electron chi connectivity index (χ3n) is 5.04. The van der Waals surface area contributed by atoms with Crippen molar-refractivity contribution in [3.8, 4) is 5.75 Å². The molecule has 2 N–H and O–H groups in total. The van der Waals surface area contributed by atoms with Crippen LogP contribution in [-0.2, 0) is 19.5 Å². The molecular formula is C20H17F2N3O4. The second-order valence-electron chi connectivity index (χ2n) is 6.93. The van der Waals surface area contributed by atoms with Crippen LogP contribution in [0.3, 0.4) is 0 Å². The third kappa shape index (κ3) is 3.28. The van der Waals surface area contributed by atoms with Crippen molar-refractivity contribution in [2.45, 2.75) is 32.4 Å². The van der Waals surface area contributed by atoms with Gasteiger partial charge >= 0.3 is 0 Å². The van der Waals surface area contributed by atoms with Crippen LogP contribution in [-0.4, -0.2) is 20.0 Å². The number of fused-ring (bicyclic) bond motifs is 4. The summed E-state index contributed by atoms with van der Waals surface area (Å²) in [6.45, 7) is 0.212. The van der Waals surface area contributed by atoms with Gasteiger partial charge in [0.1, 0.15) is 17.2 Å². The number of nitrogens with zero attached hydrogens (tertiary/aromatic N) is 2. The largest absolute Gasteiger partial charge is 0.503 e. The van der Waals surface area contributed by atoms with Gasteiger partial charge in [0.25, 0.3) is 11.5 Å². The van der Waals surface area contributed by atoms with E-state index in [1.54, 1.807) is 6.20 Å². The molecule has 1 aliphatic heterocycles. The van der Waals surface area contributed by atoms with Crippen molar-refractivity contribution in [1.82, 2.24) is 14.3 Å². The second-order valence-corrected chi connectivity index (χ2v) is 6.93. The lowest BCUT2D eigenvalue weighted by Gasteiger charge is -2.13. The van der Waals surface area contributed by atoms with Gasteiger partial charge in [0.15, 0.2) is 11.3 Å². The highest BCUT2D eigenvalue weighted by atomic mass is 19.1. The number of nitrogens with one attached hydrogen (secondary N) is 1. The van der Waals surface area contributed by atoms with Crippen LogP contribution in [0.15, 0.2) is 40.2 Å². The molecule has 0 fully saturated rings. The molecule has 4 rings (SSSR count). The van der Waals surface area contributed by atoms with E-state index in [1.165, 1.54) is 21.2 Å². The molecule has 1 amide bonds. The van der Waals surface area contributed by atoms with Gasteiger partial charge in [-0.2, -0.15) is 0 Å². The Morgan fingerprint density at radius 3 is 2.72 bits per heavy atom. The fourth-order valence-corrected chi connectivity index (χ4v) is 3.51. The van der Waals surface area contributed by atoms with Crippen LogP contribution in [0.4, 0.5) is 8.78 Å². The van der Waals surface area contributed by atoms with E-state index in [-0.39, 0.29) is 23.2 Å². The first kappa shape index (κ1) is 18.9. The van der Waals surface area contributed by atoms with E-state index < -0.39 is 34.3 Å². The molecule has 2 aromatic heterocycles. The van der Waals surface area contributed by atoms with Crippen LogP contribution in [0, 0.1) is 11.6 Å². The van der Waals surface area contributed by atoms with Gasteiger partial charge in [0.2, 0.25) is 5.43 Å². The molecule has 0 saturated heterocycles. The summed E-state index contributed by atoms with van der Waals surface area (Å²) in [4.78, 5) is 37.6. The number of benzene rings is 1. The fraction of sp³-hybridized carbons (Fsp3) is 0.250. The second kappa shape index (κ2) is 7.16. The number of aromatic hydroxyl groups is 1. The number of rotatable bonds is 3. The van der Waals surface area contributed by atoms with E-state index in [1.807, 2.05) is 0 Å². The summed E-state index contributed by atoms with van der Waals surface area (Å²) in [7, 11) is 0. The Balaban J connectivity index is 1.74. The minimum Gasteiger partial charge on any atom is -0.503 e. The van der Waals surface area contributed by atoms with Crippen molar-refractivity contribution in [3.63, 3.8) is 0 Å². The first-order valence-electron chi connectivity index (χ1n) is 9.09. The predicted molar refractivity (Wildman–Crippen MR) is 100 cm³/mol. The molecule has 0 unspecified atom stereocenters. The molecular weight excluding hydrogens is 384 g/mol. The van der Waals surface area contributed by atoms with Gasteiger partial charge in [-0.15, -0.1) is 0 Å². The van der Waals surface area contributed by atoms with E-state index in [9.17, 15) is 28.3 Å². The van der Waals surface area contributed by atoms with E-state index in [2.05, 4.69) is 5.32 Å². The minimum atomic E-state index is -0.984. The normalized spacial score (nSPS) is 13.3. The zero-order chi connectivity index (χ0) is 20.7. The van der Waals surface area contributed by atoms with E-state index in [0.717, 1.165) is 18.9 Å². The minimum absolute atomic E-state index is 0.0410. The molecule has 150 valence electrons. The van der Waals surface area contributed by atoms with Gasteiger partial charge < -0.3 is 19.4 Å². The van der Waals surface area contributed by atoms with Gasteiger partial charge in [0.05, 0.1) is 0 Å². The standard InChI is InChI=1S/C20H17F2N3O4/c21-12-5-4-11(15(22)7-12)8-23-19(28)14-10-25-13-3-1-2-6-24(9-13)20(29)16(25)18(27)17(14)26/h4-5,7,9-10,27H,1-3,6,8H2,(H,23,28). The summed E-state index contributed by atoms with van der Waals surface area (Å²) in [5.41, 5.74) is -1.31. The Morgan fingerprint density at radius 1 is 1.17 bits per heavy atom. The van der Waals surface area contributed by atoms with Gasteiger partial charge in [-0.25, -0.2) is 8.78 Å². The number of aryl methyl sites for hydroxylation is 2. The number of aromatic nitrogens is 2.